The molecule has 0 fully saturated rings. The normalized spacial score (nSPS) is 16.5. The Morgan fingerprint density at radius 1 is 1.62 bits per heavy atom. The van der Waals surface area contributed by atoms with Gasteiger partial charge in [0.2, 0.25) is 0 Å². The molecule has 0 spiro atoms. The number of carbonyl (C=O) groups excluding carboxylic acids is 1. The minimum atomic E-state index is -1.07. The van der Waals surface area contributed by atoms with Gasteiger partial charge >= 0.3 is 5.97 Å². The number of hydrogen-bond donors (Lipinski definition) is 2. The van der Waals surface area contributed by atoms with Gasteiger partial charge in [0, 0.05) is 0 Å². The van der Waals surface area contributed by atoms with Crippen LogP contribution in [0.5, 0.6) is 0 Å². The number of halogens is 1. The lowest BCUT2D eigenvalue weighted by molar-refractivity contribution is -0.137. The van der Waals surface area contributed by atoms with Crippen molar-refractivity contribution in [2.75, 3.05) is 6.61 Å². The molecule has 5 heteroatoms. The first-order chi connectivity index (χ1) is 5.99. The molecule has 4 nitrogen and oxygen atoms in total. The summed E-state index contributed by atoms with van der Waals surface area (Å²) in [6.45, 7) is 3.38. The summed E-state index contributed by atoms with van der Waals surface area (Å²) in [6.07, 6.45) is -0.788. The number of hydrogen-bond acceptors (Lipinski definition) is 4. The van der Waals surface area contributed by atoms with Crippen molar-refractivity contribution in [1.82, 2.24) is 0 Å². The van der Waals surface area contributed by atoms with Crippen LogP contribution >= 0.6 is 15.9 Å². The zero-order valence-corrected chi connectivity index (χ0v) is 9.11. The van der Waals surface area contributed by atoms with Crippen LogP contribution in [0.2, 0.25) is 0 Å². The van der Waals surface area contributed by atoms with Crippen molar-refractivity contribution in [3.63, 3.8) is 0 Å². The highest BCUT2D eigenvalue weighted by atomic mass is 79.9. The highest BCUT2D eigenvalue weighted by molar-refractivity contribution is 9.12. The predicted octanol–water partition coefficient (Wildman–Crippen LogP) is 0.570. The molecule has 0 aliphatic heterocycles. The summed E-state index contributed by atoms with van der Waals surface area (Å²) in [5.74, 6) is -0.554. The van der Waals surface area contributed by atoms with Crippen molar-refractivity contribution < 1.29 is 19.7 Å². The Morgan fingerprint density at radius 2 is 2.15 bits per heavy atom. The van der Waals surface area contributed by atoms with Gasteiger partial charge in [0.05, 0.1) is 18.8 Å². The molecule has 0 bridgehead atoms. The van der Waals surface area contributed by atoms with E-state index in [9.17, 15) is 4.79 Å². The highest BCUT2D eigenvalue weighted by Crippen LogP contribution is 2.10. The summed E-state index contributed by atoms with van der Waals surface area (Å²) in [5, 5.41) is 18.1. The van der Waals surface area contributed by atoms with Crippen LogP contribution in [-0.4, -0.2) is 35.0 Å². The molecule has 13 heavy (non-hydrogen) atoms. The van der Waals surface area contributed by atoms with E-state index < -0.39 is 18.2 Å². The van der Waals surface area contributed by atoms with Gasteiger partial charge in [-0.25, -0.2) is 4.79 Å². The van der Waals surface area contributed by atoms with Crippen molar-refractivity contribution >= 4 is 21.9 Å². The standard InChI is InChI=1S/C8H13BrO4/c1-3-13-8(12)6(9)4-7(11)5(2)10/h4-5,7,10-11H,3H2,1-2H3/b6-4-. The van der Waals surface area contributed by atoms with E-state index in [0.717, 1.165) is 0 Å². The Morgan fingerprint density at radius 3 is 2.54 bits per heavy atom. The van der Waals surface area contributed by atoms with Gasteiger partial charge < -0.3 is 14.9 Å². The van der Waals surface area contributed by atoms with Crippen LogP contribution in [0, 0.1) is 0 Å². The van der Waals surface area contributed by atoms with Gasteiger partial charge in [-0.2, -0.15) is 0 Å². The number of aliphatic hydroxyl groups excluding tert-OH is 2. The van der Waals surface area contributed by atoms with Gasteiger partial charge in [-0.15, -0.1) is 0 Å². The van der Waals surface area contributed by atoms with Crippen molar-refractivity contribution in [3.8, 4) is 0 Å². The third-order valence-corrected chi connectivity index (χ3v) is 1.87. The Balaban J connectivity index is 4.22. The molecule has 0 saturated carbocycles. The molecular weight excluding hydrogens is 240 g/mol. The number of carbonyl (C=O) groups is 1. The van der Waals surface area contributed by atoms with E-state index in [1.54, 1.807) is 6.92 Å². The topological polar surface area (TPSA) is 66.8 Å². The summed E-state index contributed by atoms with van der Waals surface area (Å²) in [5.41, 5.74) is 0. The first-order valence-electron chi connectivity index (χ1n) is 3.89. The third-order valence-electron chi connectivity index (χ3n) is 1.28. The van der Waals surface area contributed by atoms with Crippen molar-refractivity contribution in [2.24, 2.45) is 0 Å². The summed E-state index contributed by atoms with van der Waals surface area (Å²) in [7, 11) is 0. The maximum absolute atomic E-state index is 11.0. The molecule has 0 aromatic rings. The van der Waals surface area contributed by atoms with Crippen LogP contribution in [0.1, 0.15) is 13.8 Å². The summed E-state index contributed by atoms with van der Waals surface area (Å²) in [4.78, 5) is 11.0. The highest BCUT2D eigenvalue weighted by Gasteiger charge is 2.12. The molecule has 0 amide bonds. The number of aliphatic hydroxyl groups is 2. The number of ether oxygens (including phenoxy) is 1. The second kappa shape index (κ2) is 6.12. The minimum Gasteiger partial charge on any atom is -0.462 e. The molecule has 0 saturated heterocycles. The second-order valence-corrected chi connectivity index (χ2v) is 3.32. The molecule has 0 aromatic carbocycles. The Hall–Kier alpha value is -0.390. The lowest BCUT2D eigenvalue weighted by Gasteiger charge is -2.09. The van der Waals surface area contributed by atoms with Crippen LogP contribution in [0.4, 0.5) is 0 Å². The minimum absolute atomic E-state index is 0.114. The Kier molecular flexibility index (Phi) is 5.94. The third kappa shape index (κ3) is 5.02. The van der Waals surface area contributed by atoms with Crippen LogP contribution in [0.15, 0.2) is 10.6 Å². The molecule has 0 aromatic heterocycles. The molecule has 0 aliphatic carbocycles. The molecular formula is C8H13BrO4. The smallest absolute Gasteiger partial charge is 0.344 e. The quantitative estimate of drug-likeness (QED) is 0.567. The zero-order valence-electron chi connectivity index (χ0n) is 7.53. The van der Waals surface area contributed by atoms with Gasteiger partial charge in [0.1, 0.15) is 4.48 Å². The summed E-state index contributed by atoms with van der Waals surface area (Å²) >= 11 is 2.93. The van der Waals surface area contributed by atoms with Crippen molar-refractivity contribution in [3.05, 3.63) is 10.6 Å². The first-order valence-corrected chi connectivity index (χ1v) is 4.69. The van der Waals surface area contributed by atoms with E-state index in [2.05, 4.69) is 20.7 Å². The molecule has 2 N–H and O–H groups in total. The summed E-state index contributed by atoms with van der Waals surface area (Å²) < 4.78 is 4.75. The average Bonchev–Trinajstić information content (AvgIpc) is 2.04. The number of esters is 1. The monoisotopic (exact) mass is 252 g/mol. The van der Waals surface area contributed by atoms with Gasteiger partial charge in [-0.05, 0) is 35.9 Å². The van der Waals surface area contributed by atoms with Crippen molar-refractivity contribution in [2.45, 2.75) is 26.1 Å². The molecule has 2 unspecified atom stereocenters. The zero-order chi connectivity index (χ0) is 10.4. The second-order valence-electron chi connectivity index (χ2n) is 2.47. The van der Waals surface area contributed by atoms with Gasteiger partial charge in [0.15, 0.2) is 0 Å². The molecule has 0 rings (SSSR count). The van der Waals surface area contributed by atoms with Gasteiger partial charge in [0.25, 0.3) is 0 Å². The van der Waals surface area contributed by atoms with E-state index in [-0.39, 0.29) is 11.1 Å². The van der Waals surface area contributed by atoms with Crippen LogP contribution in [0.25, 0.3) is 0 Å². The first kappa shape index (κ1) is 12.6. The molecule has 0 heterocycles. The fraction of sp³-hybridized carbons (Fsp3) is 0.625. The maximum Gasteiger partial charge on any atom is 0.344 e. The largest absolute Gasteiger partial charge is 0.462 e. The van der Waals surface area contributed by atoms with E-state index in [4.69, 9.17) is 10.2 Å². The molecule has 0 radical (unpaired) electrons. The van der Waals surface area contributed by atoms with E-state index in [1.165, 1.54) is 13.0 Å². The van der Waals surface area contributed by atoms with Crippen LogP contribution < -0.4 is 0 Å². The average molecular weight is 253 g/mol. The lowest BCUT2D eigenvalue weighted by Crippen LogP contribution is -2.20. The van der Waals surface area contributed by atoms with Crippen molar-refractivity contribution in [1.29, 1.82) is 0 Å². The lowest BCUT2D eigenvalue weighted by atomic mass is 10.2. The maximum atomic E-state index is 11.0. The van der Waals surface area contributed by atoms with E-state index in [1.807, 2.05) is 0 Å². The van der Waals surface area contributed by atoms with Crippen LogP contribution in [0.3, 0.4) is 0 Å². The summed E-state index contributed by atoms with van der Waals surface area (Å²) in [6, 6.07) is 0. The fourth-order valence-corrected chi connectivity index (χ4v) is 0.943. The molecule has 2 atom stereocenters. The Labute approximate surface area is 85.3 Å². The van der Waals surface area contributed by atoms with Gasteiger partial charge in [-0.3, -0.25) is 0 Å². The van der Waals surface area contributed by atoms with E-state index >= 15 is 0 Å². The van der Waals surface area contributed by atoms with E-state index in [0.29, 0.717) is 0 Å². The molecule has 76 valence electrons. The van der Waals surface area contributed by atoms with Crippen LogP contribution in [-0.2, 0) is 9.53 Å². The molecule has 0 aliphatic rings. The predicted molar refractivity (Wildman–Crippen MR) is 51.3 cm³/mol. The van der Waals surface area contributed by atoms with Gasteiger partial charge in [-0.1, -0.05) is 0 Å². The SMILES string of the molecule is CCOC(=O)/C(Br)=C/C(O)C(C)O. The Bertz CT molecular complexity index is 200. The number of rotatable bonds is 4. The fourth-order valence-electron chi connectivity index (χ4n) is 0.557.